The quantitative estimate of drug-likeness (QED) is 0.509. The molecule has 2 aromatic rings. The third kappa shape index (κ3) is 5.97. The molecule has 0 radical (unpaired) electrons. The number of nitrogens with zero attached hydrogens (tertiary/aromatic N) is 3. The van der Waals surface area contributed by atoms with Gasteiger partial charge in [0.25, 0.3) is 0 Å². The van der Waals surface area contributed by atoms with Gasteiger partial charge in [-0.15, -0.1) is 12.3 Å². The van der Waals surface area contributed by atoms with Gasteiger partial charge in [0.1, 0.15) is 6.61 Å². The van der Waals surface area contributed by atoms with Gasteiger partial charge in [-0.25, -0.2) is 4.79 Å². The Morgan fingerprint density at radius 3 is 2.53 bits per heavy atom. The number of aliphatic carboxylic acids is 1. The molecule has 2 aromatic carbocycles. The van der Waals surface area contributed by atoms with Gasteiger partial charge in [0.2, 0.25) is 0 Å². The maximum atomic E-state index is 12.2. The number of hydrazone groups is 1. The zero-order valence-corrected chi connectivity index (χ0v) is 19.7. The predicted molar refractivity (Wildman–Crippen MR) is 134 cm³/mol. The van der Waals surface area contributed by atoms with Gasteiger partial charge in [-0.05, 0) is 18.6 Å². The Kier molecular flexibility index (Phi) is 9.12. The van der Waals surface area contributed by atoms with Gasteiger partial charge >= 0.3 is 5.97 Å². The maximum Gasteiger partial charge on any atom is 0.358 e. The van der Waals surface area contributed by atoms with Crippen LogP contribution in [0.5, 0.6) is 0 Å². The Bertz CT molecular complexity index is 1070. The van der Waals surface area contributed by atoms with Gasteiger partial charge in [-0.1, -0.05) is 49.4 Å². The van der Waals surface area contributed by atoms with Gasteiger partial charge in [-0.3, -0.25) is 5.01 Å². The lowest BCUT2D eigenvalue weighted by atomic mass is 9.97. The molecule has 178 valence electrons. The van der Waals surface area contributed by atoms with Crippen LogP contribution < -0.4 is 4.90 Å². The van der Waals surface area contributed by atoms with Crippen LogP contribution >= 0.6 is 0 Å². The number of carboxylic acid groups (broad SMARTS) is 1. The lowest BCUT2D eigenvalue weighted by Crippen LogP contribution is -2.38. The van der Waals surface area contributed by atoms with Crippen molar-refractivity contribution < 1.29 is 19.4 Å². The Hall–Kier alpha value is -3.76. The Balaban J connectivity index is 0.000000751. The highest BCUT2D eigenvalue weighted by Gasteiger charge is 2.33. The molecule has 7 nitrogen and oxygen atoms in total. The fraction of sp³-hybridized carbons (Fsp3) is 0.333. The predicted octanol–water partition coefficient (Wildman–Crippen LogP) is 4.34. The largest absolute Gasteiger partial charge is 0.486 e. The maximum absolute atomic E-state index is 12.2. The minimum Gasteiger partial charge on any atom is -0.486 e. The van der Waals surface area contributed by atoms with Crippen LogP contribution in [0.1, 0.15) is 37.0 Å². The van der Waals surface area contributed by atoms with E-state index in [1.165, 1.54) is 5.01 Å². The first kappa shape index (κ1) is 24.9. The van der Waals surface area contributed by atoms with E-state index in [-0.39, 0.29) is 12.3 Å². The molecule has 1 fully saturated rings. The highest BCUT2D eigenvalue weighted by molar-refractivity contribution is 5.96. The van der Waals surface area contributed by atoms with E-state index in [0.29, 0.717) is 25.5 Å². The normalized spacial score (nSPS) is 15.3. The molecule has 0 saturated carbocycles. The highest BCUT2D eigenvalue weighted by Crippen LogP contribution is 2.38. The third-order valence-corrected chi connectivity index (χ3v) is 5.42. The van der Waals surface area contributed by atoms with Crippen LogP contribution in [0, 0.1) is 12.3 Å². The smallest absolute Gasteiger partial charge is 0.358 e. The van der Waals surface area contributed by atoms with Crippen LogP contribution in [0.25, 0.3) is 5.76 Å². The zero-order chi connectivity index (χ0) is 24.3. The van der Waals surface area contributed by atoms with E-state index in [1.54, 1.807) is 13.1 Å². The molecule has 2 aliphatic heterocycles. The lowest BCUT2D eigenvalue weighted by Gasteiger charge is -2.35. The monoisotopic (exact) mass is 461 g/mol. The van der Waals surface area contributed by atoms with Crippen LogP contribution in [0.3, 0.4) is 0 Å². The number of morpholine rings is 1. The van der Waals surface area contributed by atoms with E-state index in [4.69, 9.17) is 15.9 Å². The zero-order valence-electron chi connectivity index (χ0n) is 19.7. The standard InChI is InChI=1S/C23H25N3O4.C4H6/c1-2-24-26-15-19-18(9-6-10-20(19)25-11-13-29-14-12-25)22(21(26)23(27)28)30-16-17-7-4-3-5-8-17;1-3-4-2/h2-10H,11-16H2,1H3,(H,27,28);1H,4H2,2H3/b24-2-;. The first-order valence-corrected chi connectivity index (χ1v) is 11.4. The summed E-state index contributed by atoms with van der Waals surface area (Å²) in [5, 5.41) is 15.8. The van der Waals surface area contributed by atoms with Crippen molar-refractivity contribution in [1.29, 1.82) is 0 Å². The van der Waals surface area contributed by atoms with Crippen molar-refractivity contribution in [1.82, 2.24) is 5.01 Å². The van der Waals surface area contributed by atoms with Crippen molar-refractivity contribution in [2.75, 3.05) is 31.2 Å². The van der Waals surface area contributed by atoms with E-state index in [2.05, 4.69) is 22.0 Å². The fourth-order valence-electron chi connectivity index (χ4n) is 3.85. The van der Waals surface area contributed by atoms with Gasteiger partial charge in [-0.2, -0.15) is 5.10 Å². The minimum atomic E-state index is -1.06. The van der Waals surface area contributed by atoms with Crippen molar-refractivity contribution in [2.24, 2.45) is 5.10 Å². The molecule has 0 bridgehead atoms. The lowest BCUT2D eigenvalue weighted by molar-refractivity contribution is -0.134. The van der Waals surface area contributed by atoms with Gasteiger partial charge < -0.3 is 19.5 Å². The average molecular weight is 462 g/mol. The molecule has 2 aliphatic rings. The Morgan fingerprint density at radius 1 is 1.21 bits per heavy atom. The van der Waals surface area contributed by atoms with Gasteiger partial charge in [0.15, 0.2) is 11.5 Å². The Morgan fingerprint density at radius 2 is 1.91 bits per heavy atom. The van der Waals surface area contributed by atoms with Gasteiger partial charge in [0.05, 0.1) is 19.8 Å². The molecule has 0 aromatic heterocycles. The Labute approximate surface area is 201 Å². The number of hydrogen-bond donors (Lipinski definition) is 1. The molecule has 0 spiro atoms. The summed E-state index contributed by atoms with van der Waals surface area (Å²) in [7, 11) is 0. The third-order valence-electron chi connectivity index (χ3n) is 5.42. The second-order valence-corrected chi connectivity index (χ2v) is 7.65. The number of carboxylic acids is 1. The number of benzene rings is 2. The number of fused-ring (bicyclic) bond motifs is 1. The van der Waals surface area contributed by atoms with Crippen LogP contribution in [0.4, 0.5) is 5.69 Å². The van der Waals surface area contributed by atoms with Crippen molar-refractivity contribution in [3.63, 3.8) is 0 Å². The average Bonchev–Trinajstić information content (AvgIpc) is 2.88. The minimum absolute atomic E-state index is 0.0515. The number of hydrogen-bond acceptors (Lipinski definition) is 6. The summed E-state index contributed by atoms with van der Waals surface area (Å²) in [5.74, 6) is 1.71. The summed E-state index contributed by atoms with van der Waals surface area (Å²) in [6, 6.07) is 15.7. The molecule has 2 heterocycles. The van der Waals surface area contributed by atoms with Crippen molar-refractivity contribution >= 4 is 23.6 Å². The summed E-state index contributed by atoms with van der Waals surface area (Å²) < 4.78 is 11.6. The first-order valence-electron chi connectivity index (χ1n) is 11.4. The highest BCUT2D eigenvalue weighted by atomic mass is 16.5. The summed E-state index contributed by atoms with van der Waals surface area (Å²) in [6.45, 7) is 7.30. The number of carbonyl (C=O) groups is 1. The first-order chi connectivity index (χ1) is 16.6. The van der Waals surface area contributed by atoms with Crippen LogP contribution in [-0.2, 0) is 27.4 Å². The van der Waals surface area contributed by atoms with Crippen molar-refractivity contribution in [3.8, 4) is 12.3 Å². The molecular weight excluding hydrogens is 430 g/mol. The van der Waals surface area contributed by atoms with Gasteiger partial charge in [0, 0.05) is 42.5 Å². The van der Waals surface area contributed by atoms with Crippen LogP contribution in [-0.4, -0.2) is 48.6 Å². The van der Waals surface area contributed by atoms with Crippen LogP contribution in [0.2, 0.25) is 0 Å². The summed E-state index contributed by atoms with van der Waals surface area (Å²) in [5.41, 5.74) is 3.90. The molecule has 4 rings (SSSR count). The second-order valence-electron chi connectivity index (χ2n) is 7.65. The molecule has 0 aliphatic carbocycles. The molecule has 34 heavy (non-hydrogen) atoms. The second kappa shape index (κ2) is 12.5. The molecular formula is C27H31N3O4. The molecule has 0 unspecified atom stereocenters. The molecule has 1 saturated heterocycles. The van der Waals surface area contributed by atoms with E-state index >= 15 is 0 Å². The number of ether oxygens (including phenoxy) is 2. The van der Waals surface area contributed by atoms with Crippen LogP contribution in [0.15, 0.2) is 59.3 Å². The summed E-state index contributed by atoms with van der Waals surface area (Å²) >= 11 is 0. The summed E-state index contributed by atoms with van der Waals surface area (Å²) in [4.78, 5) is 14.5. The molecule has 7 heteroatoms. The van der Waals surface area contributed by atoms with Crippen molar-refractivity contribution in [3.05, 3.63) is 70.9 Å². The molecule has 0 amide bonds. The van der Waals surface area contributed by atoms with E-state index < -0.39 is 5.97 Å². The topological polar surface area (TPSA) is 74.6 Å². The van der Waals surface area contributed by atoms with E-state index in [0.717, 1.165) is 41.9 Å². The SMILES string of the molecule is C#CCC.C/C=N\N1Cc2c(cccc2N2CCOCC2)C(OCc2ccccc2)=C1C(=O)O. The molecule has 0 atom stereocenters. The molecule has 1 N–H and O–H groups in total. The summed E-state index contributed by atoms with van der Waals surface area (Å²) in [6.07, 6.45) is 7.22. The number of anilines is 1. The van der Waals surface area contributed by atoms with Crippen molar-refractivity contribution in [2.45, 2.75) is 33.4 Å². The van der Waals surface area contributed by atoms with E-state index in [9.17, 15) is 9.90 Å². The number of rotatable bonds is 6. The van der Waals surface area contributed by atoms with E-state index in [1.807, 2.05) is 49.4 Å². The fourth-order valence-corrected chi connectivity index (χ4v) is 3.85. The number of terminal acetylenes is 1.